The molecule has 0 aromatic heterocycles. The first-order chi connectivity index (χ1) is 7.20. The number of benzene rings is 1. The number of aliphatic hydroxyl groups is 1. The van der Waals surface area contributed by atoms with Crippen LogP contribution in [0, 0.1) is 0 Å². The van der Waals surface area contributed by atoms with Crippen LogP contribution in [-0.2, 0) is 6.42 Å². The van der Waals surface area contributed by atoms with E-state index in [1.807, 2.05) is 25.2 Å². The summed E-state index contributed by atoms with van der Waals surface area (Å²) in [7, 11) is 1.94. The van der Waals surface area contributed by atoms with Gasteiger partial charge in [0.15, 0.2) is 0 Å². The van der Waals surface area contributed by atoms with Gasteiger partial charge in [-0.1, -0.05) is 17.7 Å². The van der Waals surface area contributed by atoms with Crippen molar-refractivity contribution in [1.82, 2.24) is 5.32 Å². The molecule has 0 saturated heterocycles. The lowest BCUT2D eigenvalue weighted by Gasteiger charge is -2.16. The molecule has 0 radical (unpaired) electrons. The summed E-state index contributed by atoms with van der Waals surface area (Å²) >= 11 is 5.94. The summed E-state index contributed by atoms with van der Waals surface area (Å²) in [5.74, 6) is 0. The Kier molecular flexibility index (Phi) is 3.29. The molecule has 0 amide bonds. The second-order valence-electron chi connectivity index (χ2n) is 4.12. The van der Waals surface area contributed by atoms with Crippen molar-refractivity contribution < 1.29 is 5.11 Å². The van der Waals surface area contributed by atoms with Crippen molar-refractivity contribution >= 4 is 11.6 Å². The van der Waals surface area contributed by atoms with Gasteiger partial charge < -0.3 is 10.4 Å². The van der Waals surface area contributed by atoms with E-state index in [1.165, 1.54) is 5.56 Å². The Morgan fingerprint density at radius 3 is 3.00 bits per heavy atom. The van der Waals surface area contributed by atoms with E-state index in [0.717, 1.165) is 24.8 Å². The number of aliphatic hydroxyl groups excluding tert-OH is 1. The Hall–Kier alpha value is -0.570. The molecule has 0 bridgehead atoms. The molecule has 82 valence electrons. The zero-order chi connectivity index (χ0) is 10.8. The number of rotatable bonds is 1. The topological polar surface area (TPSA) is 32.3 Å². The van der Waals surface area contributed by atoms with Crippen LogP contribution >= 0.6 is 11.6 Å². The van der Waals surface area contributed by atoms with Crippen molar-refractivity contribution in [1.29, 1.82) is 0 Å². The minimum absolute atomic E-state index is 0.390. The van der Waals surface area contributed by atoms with E-state index in [4.69, 9.17) is 11.6 Å². The monoisotopic (exact) mass is 225 g/mol. The first kappa shape index (κ1) is 10.9. The Morgan fingerprint density at radius 1 is 1.47 bits per heavy atom. The van der Waals surface area contributed by atoms with Gasteiger partial charge in [0.2, 0.25) is 0 Å². The van der Waals surface area contributed by atoms with E-state index in [9.17, 15) is 5.11 Å². The molecular formula is C12H16ClNO. The number of hydrogen-bond acceptors (Lipinski definition) is 2. The van der Waals surface area contributed by atoms with E-state index in [0.29, 0.717) is 11.1 Å². The van der Waals surface area contributed by atoms with Crippen LogP contribution in [0.5, 0.6) is 0 Å². The van der Waals surface area contributed by atoms with Gasteiger partial charge in [0, 0.05) is 11.1 Å². The van der Waals surface area contributed by atoms with Crippen molar-refractivity contribution in [3.63, 3.8) is 0 Å². The molecule has 15 heavy (non-hydrogen) atoms. The third kappa shape index (κ3) is 2.33. The number of nitrogens with one attached hydrogen (secondary N) is 1. The van der Waals surface area contributed by atoms with E-state index in [-0.39, 0.29) is 0 Å². The first-order valence-electron chi connectivity index (χ1n) is 5.34. The van der Waals surface area contributed by atoms with Gasteiger partial charge in [0.05, 0.1) is 6.10 Å². The quantitative estimate of drug-likeness (QED) is 0.719. The fourth-order valence-electron chi connectivity index (χ4n) is 2.21. The summed E-state index contributed by atoms with van der Waals surface area (Å²) in [6.07, 6.45) is 2.46. The number of hydrogen-bond donors (Lipinski definition) is 2. The van der Waals surface area contributed by atoms with E-state index < -0.39 is 6.10 Å². The van der Waals surface area contributed by atoms with Crippen LogP contribution in [0.4, 0.5) is 0 Å². The lowest BCUT2D eigenvalue weighted by atomic mass is 10.0. The number of fused-ring (bicyclic) bond motifs is 1. The van der Waals surface area contributed by atoms with Crippen LogP contribution in [0.25, 0.3) is 0 Å². The Morgan fingerprint density at radius 2 is 2.27 bits per heavy atom. The van der Waals surface area contributed by atoms with E-state index in [1.54, 1.807) is 0 Å². The van der Waals surface area contributed by atoms with Gasteiger partial charge in [-0.15, -0.1) is 0 Å². The molecular weight excluding hydrogens is 210 g/mol. The van der Waals surface area contributed by atoms with Gasteiger partial charge in [-0.3, -0.25) is 0 Å². The number of halogens is 1. The number of aryl methyl sites for hydroxylation is 1. The maximum absolute atomic E-state index is 10.1. The largest absolute Gasteiger partial charge is 0.388 e. The second-order valence-corrected chi connectivity index (χ2v) is 4.56. The summed E-state index contributed by atoms with van der Waals surface area (Å²) in [4.78, 5) is 0. The third-order valence-electron chi connectivity index (χ3n) is 3.15. The van der Waals surface area contributed by atoms with Gasteiger partial charge in [-0.05, 0) is 49.6 Å². The molecule has 0 saturated carbocycles. The van der Waals surface area contributed by atoms with Gasteiger partial charge >= 0.3 is 0 Å². The highest BCUT2D eigenvalue weighted by Crippen LogP contribution is 2.30. The molecule has 1 aliphatic rings. The molecule has 2 nitrogen and oxygen atoms in total. The zero-order valence-corrected chi connectivity index (χ0v) is 9.59. The average Bonchev–Trinajstić information content (AvgIpc) is 2.39. The SMILES string of the molecule is CNC1CCc2ccc(Cl)cc2C(O)C1. The lowest BCUT2D eigenvalue weighted by molar-refractivity contribution is 0.155. The summed E-state index contributed by atoms with van der Waals surface area (Å²) in [5.41, 5.74) is 2.23. The molecule has 2 atom stereocenters. The summed E-state index contributed by atoms with van der Waals surface area (Å²) in [6.45, 7) is 0. The molecule has 0 fully saturated rings. The average molecular weight is 226 g/mol. The van der Waals surface area contributed by atoms with E-state index >= 15 is 0 Å². The van der Waals surface area contributed by atoms with Crippen molar-refractivity contribution in [2.45, 2.75) is 31.4 Å². The molecule has 3 heteroatoms. The predicted molar refractivity (Wildman–Crippen MR) is 62.2 cm³/mol. The summed E-state index contributed by atoms with van der Waals surface area (Å²) in [6, 6.07) is 6.21. The third-order valence-corrected chi connectivity index (χ3v) is 3.38. The fraction of sp³-hybridized carbons (Fsp3) is 0.500. The Labute approximate surface area is 95.3 Å². The highest BCUT2D eigenvalue weighted by atomic mass is 35.5. The van der Waals surface area contributed by atoms with Crippen LogP contribution in [0.3, 0.4) is 0 Å². The van der Waals surface area contributed by atoms with Crippen LogP contribution in [0.1, 0.15) is 30.1 Å². The summed E-state index contributed by atoms with van der Waals surface area (Å²) < 4.78 is 0. The molecule has 2 unspecified atom stereocenters. The maximum Gasteiger partial charge on any atom is 0.0808 e. The second kappa shape index (κ2) is 4.52. The standard InChI is InChI=1S/C12H16ClNO/c1-14-10-5-3-8-2-4-9(13)6-11(8)12(15)7-10/h2,4,6,10,12,14-15H,3,5,7H2,1H3. The minimum atomic E-state index is -0.390. The molecule has 0 spiro atoms. The molecule has 0 heterocycles. The molecule has 1 aromatic carbocycles. The highest BCUT2D eigenvalue weighted by Gasteiger charge is 2.21. The van der Waals surface area contributed by atoms with Crippen LogP contribution in [-0.4, -0.2) is 18.2 Å². The van der Waals surface area contributed by atoms with Crippen molar-refractivity contribution in [3.05, 3.63) is 34.3 Å². The molecule has 2 N–H and O–H groups in total. The molecule has 0 aliphatic heterocycles. The summed E-state index contributed by atoms with van der Waals surface area (Å²) in [5, 5.41) is 14.0. The van der Waals surface area contributed by atoms with E-state index in [2.05, 4.69) is 5.32 Å². The van der Waals surface area contributed by atoms with Crippen LogP contribution in [0.2, 0.25) is 5.02 Å². The molecule has 2 rings (SSSR count). The Balaban J connectivity index is 2.31. The Bertz CT molecular complexity index is 353. The van der Waals surface area contributed by atoms with Gasteiger partial charge in [-0.25, -0.2) is 0 Å². The van der Waals surface area contributed by atoms with Crippen LogP contribution < -0.4 is 5.32 Å². The smallest absolute Gasteiger partial charge is 0.0808 e. The zero-order valence-electron chi connectivity index (χ0n) is 8.83. The van der Waals surface area contributed by atoms with Crippen LogP contribution in [0.15, 0.2) is 18.2 Å². The molecule has 1 aromatic rings. The van der Waals surface area contributed by atoms with Crippen molar-refractivity contribution in [2.75, 3.05) is 7.05 Å². The molecule has 1 aliphatic carbocycles. The van der Waals surface area contributed by atoms with Crippen molar-refractivity contribution in [2.24, 2.45) is 0 Å². The normalized spacial score (nSPS) is 25.8. The fourth-order valence-corrected chi connectivity index (χ4v) is 2.39. The van der Waals surface area contributed by atoms with Crippen molar-refractivity contribution in [3.8, 4) is 0 Å². The lowest BCUT2D eigenvalue weighted by Crippen LogP contribution is -2.26. The predicted octanol–water partition coefficient (Wildman–Crippen LogP) is 2.30. The minimum Gasteiger partial charge on any atom is -0.388 e. The van der Waals surface area contributed by atoms with Gasteiger partial charge in [0.25, 0.3) is 0 Å². The van der Waals surface area contributed by atoms with Gasteiger partial charge in [0.1, 0.15) is 0 Å². The maximum atomic E-state index is 10.1. The first-order valence-corrected chi connectivity index (χ1v) is 5.72. The van der Waals surface area contributed by atoms with Gasteiger partial charge in [-0.2, -0.15) is 0 Å². The highest BCUT2D eigenvalue weighted by molar-refractivity contribution is 6.30.